The van der Waals surface area contributed by atoms with Gasteiger partial charge in [0.05, 0.1) is 6.61 Å². The first-order valence-electron chi connectivity index (χ1n) is 5.80. The molecule has 0 aliphatic rings. The molecule has 3 heteroatoms. The highest BCUT2D eigenvalue weighted by Gasteiger charge is 2.17. The van der Waals surface area contributed by atoms with E-state index in [0.717, 1.165) is 13.0 Å². The maximum atomic E-state index is 9.31. The third-order valence-corrected chi connectivity index (χ3v) is 3.44. The Morgan fingerprint density at radius 1 is 1.38 bits per heavy atom. The van der Waals surface area contributed by atoms with Gasteiger partial charge in [0.25, 0.3) is 0 Å². The second kappa shape index (κ2) is 5.80. The Bertz CT molecular complexity index is 314. The third kappa shape index (κ3) is 5.10. The van der Waals surface area contributed by atoms with E-state index >= 15 is 0 Å². The summed E-state index contributed by atoms with van der Waals surface area (Å²) in [5.74, 6) is 0. The van der Waals surface area contributed by atoms with Gasteiger partial charge in [0.2, 0.25) is 0 Å². The Kier molecular flexibility index (Phi) is 4.96. The lowest BCUT2D eigenvalue weighted by molar-refractivity contribution is 0.198. The number of hydrogen-bond acceptors (Lipinski definition) is 3. The van der Waals surface area contributed by atoms with Gasteiger partial charge in [-0.1, -0.05) is 20.8 Å². The van der Waals surface area contributed by atoms with Crippen molar-refractivity contribution in [2.45, 2.75) is 46.7 Å². The smallest absolute Gasteiger partial charge is 0.0584 e. The van der Waals surface area contributed by atoms with E-state index in [2.05, 4.69) is 45.1 Å². The van der Waals surface area contributed by atoms with Crippen LogP contribution in [0.2, 0.25) is 0 Å². The highest BCUT2D eigenvalue weighted by molar-refractivity contribution is 7.11. The molecule has 92 valence electrons. The summed E-state index contributed by atoms with van der Waals surface area (Å²) < 4.78 is 0. The normalized spacial score (nSPS) is 14.1. The van der Waals surface area contributed by atoms with Crippen LogP contribution in [0.4, 0.5) is 0 Å². The maximum Gasteiger partial charge on any atom is 0.0584 e. The number of rotatable bonds is 5. The Balaban J connectivity index is 2.40. The minimum atomic E-state index is 0.197. The van der Waals surface area contributed by atoms with Crippen molar-refractivity contribution in [1.29, 1.82) is 0 Å². The van der Waals surface area contributed by atoms with Gasteiger partial charge in [0.15, 0.2) is 0 Å². The van der Waals surface area contributed by atoms with Gasteiger partial charge in [-0.15, -0.1) is 11.3 Å². The molecule has 2 nitrogen and oxygen atoms in total. The average molecular weight is 241 g/mol. The SMILES string of the molecule is Cc1ccc(CNC(CO)CC(C)(C)C)s1. The van der Waals surface area contributed by atoms with Crippen molar-refractivity contribution in [2.24, 2.45) is 5.41 Å². The van der Waals surface area contributed by atoms with Crippen LogP contribution in [0, 0.1) is 12.3 Å². The van der Waals surface area contributed by atoms with Crippen molar-refractivity contribution < 1.29 is 5.11 Å². The van der Waals surface area contributed by atoms with E-state index in [1.165, 1.54) is 9.75 Å². The van der Waals surface area contributed by atoms with Crippen molar-refractivity contribution in [3.05, 3.63) is 21.9 Å². The van der Waals surface area contributed by atoms with Crippen LogP contribution in [-0.2, 0) is 6.54 Å². The van der Waals surface area contributed by atoms with Gasteiger partial charge in [0.1, 0.15) is 0 Å². The molecule has 1 unspecified atom stereocenters. The zero-order chi connectivity index (χ0) is 12.2. The molecule has 1 heterocycles. The number of aliphatic hydroxyl groups is 1. The fourth-order valence-electron chi connectivity index (χ4n) is 1.77. The molecule has 0 aliphatic carbocycles. The zero-order valence-corrected chi connectivity index (χ0v) is 11.5. The minimum absolute atomic E-state index is 0.197. The summed E-state index contributed by atoms with van der Waals surface area (Å²) in [6, 6.07) is 4.49. The molecule has 0 aromatic carbocycles. The van der Waals surface area contributed by atoms with Crippen LogP contribution >= 0.6 is 11.3 Å². The van der Waals surface area contributed by atoms with Crippen LogP contribution in [0.1, 0.15) is 36.9 Å². The summed E-state index contributed by atoms with van der Waals surface area (Å²) in [6.45, 7) is 9.79. The summed E-state index contributed by atoms with van der Waals surface area (Å²) >= 11 is 1.81. The molecule has 0 aliphatic heterocycles. The molecule has 0 saturated heterocycles. The molecule has 0 amide bonds. The molecular weight excluding hydrogens is 218 g/mol. The molecule has 2 N–H and O–H groups in total. The number of hydrogen-bond donors (Lipinski definition) is 2. The summed E-state index contributed by atoms with van der Waals surface area (Å²) in [6.07, 6.45) is 0.994. The topological polar surface area (TPSA) is 32.3 Å². The van der Waals surface area contributed by atoms with Gasteiger partial charge in [-0.2, -0.15) is 0 Å². The Morgan fingerprint density at radius 2 is 2.06 bits per heavy atom. The molecule has 1 rings (SSSR count). The highest BCUT2D eigenvalue weighted by Crippen LogP contribution is 2.21. The Hall–Kier alpha value is -0.380. The van der Waals surface area contributed by atoms with Gasteiger partial charge in [0, 0.05) is 22.3 Å². The lowest BCUT2D eigenvalue weighted by Gasteiger charge is -2.25. The molecular formula is C13H23NOS. The summed E-state index contributed by atoms with van der Waals surface area (Å²) in [7, 11) is 0. The lowest BCUT2D eigenvalue weighted by atomic mass is 9.88. The number of thiophene rings is 1. The first kappa shape index (κ1) is 13.7. The van der Waals surface area contributed by atoms with Gasteiger partial charge < -0.3 is 10.4 Å². The van der Waals surface area contributed by atoms with E-state index in [1.807, 2.05) is 11.3 Å². The molecule has 1 atom stereocenters. The number of aliphatic hydroxyl groups excluding tert-OH is 1. The van der Waals surface area contributed by atoms with Crippen LogP contribution < -0.4 is 5.32 Å². The van der Waals surface area contributed by atoms with Crippen molar-refractivity contribution in [2.75, 3.05) is 6.61 Å². The van der Waals surface area contributed by atoms with Crippen LogP contribution in [0.3, 0.4) is 0 Å². The predicted octanol–water partition coefficient (Wildman–Crippen LogP) is 2.94. The second-order valence-corrected chi connectivity index (χ2v) is 6.91. The van der Waals surface area contributed by atoms with Crippen LogP contribution in [0.15, 0.2) is 12.1 Å². The molecule has 1 aromatic rings. The third-order valence-electron chi connectivity index (χ3n) is 2.44. The second-order valence-electron chi connectivity index (χ2n) is 5.54. The van der Waals surface area contributed by atoms with Gasteiger partial charge >= 0.3 is 0 Å². The van der Waals surface area contributed by atoms with Gasteiger partial charge in [-0.05, 0) is 30.9 Å². The number of aryl methyl sites for hydroxylation is 1. The largest absolute Gasteiger partial charge is 0.395 e. The van der Waals surface area contributed by atoms with Crippen molar-refractivity contribution in [3.8, 4) is 0 Å². The van der Waals surface area contributed by atoms with E-state index in [4.69, 9.17) is 0 Å². The quantitative estimate of drug-likeness (QED) is 0.830. The van der Waals surface area contributed by atoms with Crippen molar-refractivity contribution in [3.63, 3.8) is 0 Å². The number of nitrogens with one attached hydrogen (secondary N) is 1. The van der Waals surface area contributed by atoms with E-state index in [1.54, 1.807) is 0 Å². The summed E-state index contributed by atoms with van der Waals surface area (Å²) in [4.78, 5) is 2.68. The van der Waals surface area contributed by atoms with Gasteiger partial charge in [-0.25, -0.2) is 0 Å². The zero-order valence-electron chi connectivity index (χ0n) is 10.7. The molecule has 1 aromatic heterocycles. The van der Waals surface area contributed by atoms with Gasteiger partial charge in [-0.3, -0.25) is 0 Å². The molecule has 0 spiro atoms. The average Bonchev–Trinajstić information content (AvgIpc) is 2.57. The highest BCUT2D eigenvalue weighted by atomic mass is 32.1. The molecule has 0 saturated carbocycles. The first-order chi connectivity index (χ1) is 7.40. The van der Waals surface area contributed by atoms with Crippen molar-refractivity contribution in [1.82, 2.24) is 5.32 Å². The van der Waals surface area contributed by atoms with Crippen LogP contribution in [0.5, 0.6) is 0 Å². The minimum Gasteiger partial charge on any atom is -0.395 e. The Morgan fingerprint density at radius 3 is 2.50 bits per heavy atom. The summed E-state index contributed by atoms with van der Waals surface area (Å²) in [5, 5.41) is 12.7. The fourth-order valence-corrected chi connectivity index (χ4v) is 2.61. The Labute approximate surface area is 103 Å². The first-order valence-corrected chi connectivity index (χ1v) is 6.62. The molecule has 0 bridgehead atoms. The predicted molar refractivity (Wildman–Crippen MR) is 70.8 cm³/mol. The van der Waals surface area contributed by atoms with E-state index in [9.17, 15) is 5.11 Å². The van der Waals surface area contributed by atoms with Crippen LogP contribution in [-0.4, -0.2) is 17.8 Å². The van der Waals surface area contributed by atoms with Crippen molar-refractivity contribution >= 4 is 11.3 Å². The monoisotopic (exact) mass is 241 g/mol. The van der Waals surface area contributed by atoms with E-state index in [-0.39, 0.29) is 18.1 Å². The molecule has 16 heavy (non-hydrogen) atoms. The maximum absolute atomic E-state index is 9.31. The van der Waals surface area contributed by atoms with Crippen LogP contribution in [0.25, 0.3) is 0 Å². The molecule has 0 radical (unpaired) electrons. The fraction of sp³-hybridized carbons (Fsp3) is 0.692. The molecule has 0 fully saturated rings. The standard InChI is InChI=1S/C13H23NOS/c1-10-5-6-12(16-10)8-14-11(9-15)7-13(2,3)4/h5-6,11,14-15H,7-9H2,1-4H3. The van der Waals surface area contributed by atoms with E-state index in [0.29, 0.717) is 0 Å². The van der Waals surface area contributed by atoms with E-state index < -0.39 is 0 Å². The lowest BCUT2D eigenvalue weighted by Crippen LogP contribution is -2.35. The summed E-state index contributed by atoms with van der Waals surface area (Å²) in [5.41, 5.74) is 0.256.